The van der Waals surface area contributed by atoms with Crippen molar-refractivity contribution in [3.8, 4) is 0 Å². The Morgan fingerprint density at radius 1 is 0.731 bits per heavy atom. The number of nitrogens with zero attached hydrogens (tertiary/aromatic N) is 2. The largest absolute Gasteiger partial charge is 0.394 e. The number of unbranched alkanes of at least 4 members (excludes halogenated alkanes) is 1. The highest BCUT2D eigenvalue weighted by Gasteiger charge is 2.50. The van der Waals surface area contributed by atoms with E-state index >= 15 is 0 Å². The zero-order chi connectivity index (χ0) is 37.8. The quantitative estimate of drug-likeness (QED) is 0.0933. The van der Waals surface area contributed by atoms with Crippen molar-refractivity contribution in [2.45, 2.75) is 101 Å². The van der Waals surface area contributed by atoms with E-state index in [1.54, 1.807) is 9.80 Å². The fourth-order valence-corrected chi connectivity index (χ4v) is 6.94. The second-order valence-corrected chi connectivity index (χ2v) is 14.4. The molecule has 14 nitrogen and oxygen atoms in total. The summed E-state index contributed by atoms with van der Waals surface area (Å²) in [5, 5.41) is 18.0. The van der Waals surface area contributed by atoms with Gasteiger partial charge >= 0.3 is 0 Å². The summed E-state index contributed by atoms with van der Waals surface area (Å²) in [5.74, 6) is -2.14. The Kier molecular flexibility index (Phi) is 15.1. The van der Waals surface area contributed by atoms with Gasteiger partial charge in [0.2, 0.25) is 29.5 Å². The Morgan fingerprint density at radius 2 is 1.27 bits per heavy atom. The number of nitrogens with two attached hydrogens (primary N) is 3. The number of benzene rings is 2. The summed E-state index contributed by atoms with van der Waals surface area (Å²) in [4.78, 5) is 71.1. The number of aliphatic hydroxyl groups excluding tert-OH is 1. The predicted molar refractivity (Wildman–Crippen MR) is 197 cm³/mol. The third kappa shape index (κ3) is 11.1. The van der Waals surface area contributed by atoms with Crippen LogP contribution in [-0.2, 0) is 36.8 Å². The number of fused-ring (bicyclic) bond motifs is 2. The van der Waals surface area contributed by atoms with Crippen LogP contribution in [-0.4, -0.2) is 113 Å². The van der Waals surface area contributed by atoms with Crippen molar-refractivity contribution in [3.05, 3.63) is 71.8 Å². The van der Waals surface area contributed by atoms with Crippen molar-refractivity contribution >= 4 is 29.5 Å². The SMILES string of the molecule is CC(C)CC(NC(=O)C(Cc1ccccc1)NC(=O)C(N)Cc1ccccc1)C(=O)NC(CCCCN)C(=O)N1C2CC1CN(C(=O)C(N)CO)C2. The Balaban J connectivity index is 1.47. The lowest BCUT2D eigenvalue weighted by atomic mass is 9.85. The van der Waals surface area contributed by atoms with E-state index in [0.717, 1.165) is 17.5 Å². The maximum absolute atomic E-state index is 14.0. The zero-order valence-corrected chi connectivity index (χ0v) is 30.3. The number of piperazine rings is 1. The first-order chi connectivity index (χ1) is 24.9. The fraction of sp³-hybridized carbons (Fsp3) is 0.553. The summed E-state index contributed by atoms with van der Waals surface area (Å²) in [6.45, 7) is 4.43. The molecule has 2 heterocycles. The molecular formula is C38H56N8O6. The van der Waals surface area contributed by atoms with E-state index in [4.69, 9.17) is 17.2 Å². The summed E-state index contributed by atoms with van der Waals surface area (Å²) in [6.07, 6.45) is 3.08. The third-order valence-corrected chi connectivity index (χ3v) is 9.73. The van der Waals surface area contributed by atoms with Gasteiger partial charge in [-0.3, -0.25) is 24.0 Å². The van der Waals surface area contributed by atoms with Gasteiger partial charge in [0.1, 0.15) is 24.2 Å². The minimum atomic E-state index is -1.02. The average Bonchev–Trinajstić information content (AvgIpc) is 3.13. The number of piperidine rings is 1. The predicted octanol–water partition coefficient (Wildman–Crippen LogP) is -0.440. The van der Waals surface area contributed by atoms with E-state index in [1.165, 1.54) is 0 Å². The molecule has 2 fully saturated rings. The van der Waals surface area contributed by atoms with Crippen molar-refractivity contribution < 1.29 is 29.1 Å². The molecule has 0 saturated carbocycles. The van der Waals surface area contributed by atoms with E-state index in [9.17, 15) is 29.1 Å². The van der Waals surface area contributed by atoms with Crippen LogP contribution >= 0.6 is 0 Å². The van der Waals surface area contributed by atoms with E-state index in [1.807, 2.05) is 74.5 Å². The molecule has 7 atom stereocenters. The molecule has 52 heavy (non-hydrogen) atoms. The van der Waals surface area contributed by atoms with Crippen LogP contribution in [0.15, 0.2) is 60.7 Å². The number of hydrogen-bond acceptors (Lipinski definition) is 9. The highest BCUT2D eigenvalue weighted by atomic mass is 16.3. The van der Waals surface area contributed by atoms with Gasteiger partial charge in [0.05, 0.1) is 24.7 Å². The van der Waals surface area contributed by atoms with Gasteiger partial charge in [0, 0.05) is 19.5 Å². The summed E-state index contributed by atoms with van der Waals surface area (Å²) in [6, 6.07) is 13.4. The van der Waals surface area contributed by atoms with Gasteiger partial charge < -0.3 is 48.1 Å². The molecule has 284 valence electrons. The molecule has 2 aliphatic rings. The maximum atomic E-state index is 14.0. The molecule has 2 aromatic rings. The smallest absolute Gasteiger partial charge is 0.245 e. The maximum Gasteiger partial charge on any atom is 0.245 e. The number of aliphatic hydroxyl groups is 1. The molecule has 10 N–H and O–H groups in total. The van der Waals surface area contributed by atoms with Crippen LogP contribution in [0.2, 0.25) is 0 Å². The fourth-order valence-electron chi connectivity index (χ4n) is 6.94. The van der Waals surface area contributed by atoms with Crippen molar-refractivity contribution in [2.24, 2.45) is 23.1 Å². The molecule has 2 aliphatic heterocycles. The molecule has 5 amide bonds. The highest BCUT2D eigenvalue weighted by Crippen LogP contribution is 2.33. The lowest BCUT2D eigenvalue weighted by molar-refractivity contribution is -0.164. The molecule has 7 unspecified atom stereocenters. The van der Waals surface area contributed by atoms with Crippen LogP contribution in [0.1, 0.15) is 57.1 Å². The lowest BCUT2D eigenvalue weighted by Gasteiger charge is -2.57. The van der Waals surface area contributed by atoms with Crippen molar-refractivity contribution in [1.82, 2.24) is 25.8 Å². The molecule has 0 aliphatic carbocycles. The Morgan fingerprint density at radius 3 is 1.83 bits per heavy atom. The zero-order valence-electron chi connectivity index (χ0n) is 30.3. The first kappa shape index (κ1) is 40.4. The van der Waals surface area contributed by atoms with Gasteiger partial charge in [0.15, 0.2) is 0 Å². The number of carbonyl (C=O) groups excluding carboxylic acids is 5. The van der Waals surface area contributed by atoms with Crippen molar-refractivity contribution in [3.63, 3.8) is 0 Å². The molecule has 0 radical (unpaired) electrons. The molecule has 0 aromatic heterocycles. The third-order valence-electron chi connectivity index (χ3n) is 9.73. The molecule has 0 spiro atoms. The van der Waals surface area contributed by atoms with E-state index in [0.29, 0.717) is 38.9 Å². The molecule has 2 aromatic carbocycles. The van der Waals surface area contributed by atoms with E-state index < -0.39 is 54.5 Å². The number of amides is 5. The molecule has 4 rings (SSSR count). The summed E-state index contributed by atoms with van der Waals surface area (Å²) < 4.78 is 0. The van der Waals surface area contributed by atoms with Crippen molar-refractivity contribution in [2.75, 3.05) is 26.2 Å². The molecular weight excluding hydrogens is 664 g/mol. The van der Waals surface area contributed by atoms with Crippen LogP contribution in [0.25, 0.3) is 0 Å². The summed E-state index contributed by atoms with van der Waals surface area (Å²) >= 11 is 0. The van der Waals surface area contributed by atoms with Crippen LogP contribution < -0.4 is 33.2 Å². The van der Waals surface area contributed by atoms with Crippen LogP contribution in [0.3, 0.4) is 0 Å². The van der Waals surface area contributed by atoms with E-state index in [-0.39, 0.29) is 49.1 Å². The lowest BCUT2D eigenvalue weighted by Crippen LogP contribution is -2.73. The van der Waals surface area contributed by atoms with Gasteiger partial charge in [0.25, 0.3) is 0 Å². The Hall–Kier alpha value is -4.37. The van der Waals surface area contributed by atoms with E-state index in [2.05, 4.69) is 16.0 Å². The minimum Gasteiger partial charge on any atom is -0.394 e. The normalized spacial score (nSPS) is 19.4. The Labute approximate surface area is 306 Å². The number of nitrogens with one attached hydrogen (secondary N) is 3. The first-order valence-electron chi connectivity index (χ1n) is 18.3. The van der Waals surface area contributed by atoms with Gasteiger partial charge in [-0.2, -0.15) is 0 Å². The van der Waals surface area contributed by atoms with Gasteiger partial charge in [-0.1, -0.05) is 74.5 Å². The highest BCUT2D eigenvalue weighted by molar-refractivity contribution is 5.95. The van der Waals surface area contributed by atoms with Crippen LogP contribution in [0, 0.1) is 5.92 Å². The number of likely N-dealkylation sites (tertiary alicyclic amines) is 2. The number of rotatable bonds is 19. The van der Waals surface area contributed by atoms with Crippen molar-refractivity contribution in [1.29, 1.82) is 0 Å². The monoisotopic (exact) mass is 720 g/mol. The second-order valence-electron chi connectivity index (χ2n) is 14.4. The van der Waals surface area contributed by atoms with Gasteiger partial charge in [-0.15, -0.1) is 0 Å². The van der Waals surface area contributed by atoms with Gasteiger partial charge in [-0.25, -0.2) is 0 Å². The Bertz CT molecular complexity index is 1480. The molecule has 2 bridgehead atoms. The summed E-state index contributed by atoms with van der Waals surface area (Å²) in [5.41, 5.74) is 19.5. The molecule has 14 heteroatoms. The van der Waals surface area contributed by atoms with Crippen LogP contribution in [0.4, 0.5) is 0 Å². The average molecular weight is 721 g/mol. The first-order valence-corrected chi connectivity index (χ1v) is 18.3. The van der Waals surface area contributed by atoms with Gasteiger partial charge in [-0.05, 0) is 62.1 Å². The second kappa shape index (κ2) is 19.5. The number of hydrogen-bond donors (Lipinski definition) is 7. The topological polar surface area (TPSA) is 226 Å². The molecule has 2 saturated heterocycles. The summed E-state index contributed by atoms with van der Waals surface area (Å²) in [7, 11) is 0. The standard InChI is InChI=1S/C38H56N8O6/c1-24(2)17-32(44-36(50)33(19-26-13-7-4-8-14-26)43-34(48)29(40)18-25-11-5-3-6-12-25)35(49)42-31(15-9-10-16-39)38(52)46-27-20-28(46)22-45(21-27)37(51)30(41)23-47/h3-8,11-14,24,27-33,47H,9-10,15-23,39-41H2,1-2H3,(H,42,49)(H,43,48)(H,44,50). The minimum absolute atomic E-state index is 0.00690. The van der Waals surface area contributed by atoms with Crippen LogP contribution in [0.5, 0.6) is 0 Å². The number of carbonyl (C=O) groups is 5.